The third-order valence-electron chi connectivity index (χ3n) is 3.48. The van der Waals surface area contributed by atoms with Gasteiger partial charge in [0, 0.05) is 20.8 Å². The van der Waals surface area contributed by atoms with Crippen LogP contribution in [0.5, 0.6) is 0 Å². The maximum atomic E-state index is 11.5. The maximum Gasteiger partial charge on any atom is 0.377 e. The number of aromatic nitrogens is 3. The number of carbonyl (C=O) groups excluding carboxylic acids is 4. The molecule has 148 valence electrons. The molecule has 1 fully saturated rings. The van der Waals surface area contributed by atoms with Crippen LogP contribution in [-0.2, 0) is 38.1 Å². The lowest BCUT2D eigenvalue weighted by Gasteiger charge is -2.23. The minimum Gasteiger partial charge on any atom is -0.463 e. The van der Waals surface area contributed by atoms with Crippen molar-refractivity contribution in [3.8, 4) is 0 Å². The molecule has 0 radical (unpaired) electrons. The molecule has 0 spiro atoms. The van der Waals surface area contributed by atoms with E-state index in [-0.39, 0.29) is 12.4 Å². The van der Waals surface area contributed by atoms with Crippen LogP contribution >= 0.6 is 0 Å². The van der Waals surface area contributed by atoms with Gasteiger partial charge in [0.15, 0.2) is 18.4 Å². The van der Waals surface area contributed by atoms with Crippen molar-refractivity contribution in [2.24, 2.45) is 0 Å². The summed E-state index contributed by atoms with van der Waals surface area (Å²) in [6.45, 7) is 3.30. The number of carbonyl (C=O) groups is 4. The standard InChI is InChI=1S/C15H19N3O9/c1-7(19)24-5-10-11(25-8(2)20)12(26-9(3)21)14(27-10)18-6-16-13(17-18)15(22)23-4/h6,10-12,14H,5H2,1-4H3/t10-,11-,12-,14-/m1/s1. The first kappa shape index (κ1) is 20.3. The summed E-state index contributed by atoms with van der Waals surface area (Å²) in [6.07, 6.45) is -3.02. The molecule has 0 unspecified atom stereocenters. The molecule has 1 aliphatic heterocycles. The van der Waals surface area contributed by atoms with Crippen molar-refractivity contribution in [1.82, 2.24) is 14.8 Å². The Bertz CT molecular complexity index is 732. The summed E-state index contributed by atoms with van der Waals surface area (Å²) in [5, 5.41) is 3.93. The van der Waals surface area contributed by atoms with Gasteiger partial charge >= 0.3 is 23.9 Å². The van der Waals surface area contributed by atoms with Crippen LogP contribution in [0.3, 0.4) is 0 Å². The molecular weight excluding hydrogens is 366 g/mol. The molecule has 4 atom stereocenters. The summed E-state index contributed by atoms with van der Waals surface area (Å²) < 4.78 is 26.8. The molecule has 0 N–H and O–H groups in total. The fraction of sp³-hybridized carbons (Fsp3) is 0.600. The molecule has 2 heterocycles. The molecule has 12 nitrogen and oxygen atoms in total. The van der Waals surface area contributed by atoms with E-state index in [4.69, 9.17) is 18.9 Å². The quantitative estimate of drug-likeness (QED) is 0.456. The van der Waals surface area contributed by atoms with Gasteiger partial charge in [-0.25, -0.2) is 14.5 Å². The zero-order valence-electron chi connectivity index (χ0n) is 15.1. The van der Waals surface area contributed by atoms with Gasteiger partial charge in [0.25, 0.3) is 5.82 Å². The van der Waals surface area contributed by atoms with E-state index >= 15 is 0 Å². The van der Waals surface area contributed by atoms with Gasteiger partial charge < -0.3 is 23.7 Å². The van der Waals surface area contributed by atoms with Crippen LogP contribution in [0.15, 0.2) is 6.33 Å². The van der Waals surface area contributed by atoms with Gasteiger partial charge in [-0.1, -0.05) is 0 Å². The first-order valence-corrected chi connectivity index (χ1v) is 7.85. The summed E-state index contributed by atoms with van der Waals surface area (Å²) in [6, 6.07) is 0. The van der Waals surface area contributed by atoms with E-state index in [1.807, 2.05) is 0 Å². The molecule has 0 amide bonds. The Labute approximate surface area is 153 Å². The Balaban J connectivity index is 2.33. The van der Waals surface area contributed by atoms with Crippen LogP contribution in [0.2, 0.25) is 0 Å². The van der Waals surface area contributed by atoms with Crippen LogP contribution in [0.4, 0.5) is 0 Å². The maximum absolute atomic E-state index is 11.5. The van der Waals surface area contributed by atoms with Gasteiger partial charge in [-0.3, -0.25) is 14.4 Å². The van der Waals surface area contributed by atoms with E-state index in [1.165, 1.54) is 34.2 Å². The molecule has 0 aromatic carbocycles. The van der Waals surface area contributed by atoms with E-state index in [9.17, 15) is 19.2 Å². The fourth-order valence-corrected chi connectivity index (χ4v) is 2.49. The number of hydrogen-bond acceptors (Lipinski definition) is 11. The summed E-state index contributed by atoms with van der Waals surface area (Å²) in [5.74, 6) is -2.89. The Kier molecular flexibility index (Phi) is 6.45. The van der Waals surface area contributed by atoms with Crippen molar-refractivity contribution in [2.75, 3.05) is 13.7 Å². The van der Waals surface area contributed by atoms with Crippen LogP contribution < -0.4 is 0 Å². The van der Waals surface area contributed by atoms with Crippen molar-refractivity contribution in [3.63, 3.8) is 0 Å². The Hall–Kier alpha value is -3.02. The SMILES string of the molecule is COC(=O)c1ncn([C@@H]2O[C@H](COC(C)=O)[C@@H](OC(C)=O)[C@H]2OC(C)=O)n1. The topological polar surface area (TPSA) is 145 Å². The number of ether oxygens (including phenoxy) is 5. The van der Waals surface area contributed by atoms with E-state index in [0.717, 1.165) is 4.68 Å². The van der Waals surface area contributed by atoms with Crippen molar-refractivity contribution in [1.29, 1.82) is 0 Å². The minimum atomic E-state index is -1.11. The molecule has 2 rings (SSSR count). The summed E-state index contributed by atoms with van der Waals surface area (Å²) in [7, 11) is 1.17. The lowest BCUT2D eigenvalue weighted by atomic mass is 10.1. The minimum absolute atomic E-state index is 0.241. The summed E-state index contributed by atoms with van der Waals surface area (Å²) in [4.78, 5) is 49.4. The first-order valence-electron chi connectivity index (χ1n) is 7.85. The highest BCUT2D eigenvalue weighted by atomic mass is 16.7. The van der Waals surface area contributed by atoms with E-state index in [1.54, 1.807) is 0 Å². The molecule has 0 bridgehead atoms. The van der Waals surface area contributed by atoms with Crippen LogP contribution in [-0.4, -0.2) is 70.7 Å². The molecule has 0 saturated carbocycles. The largest absolute Gasteiger partial charge is 0.463 e. The molecule has 12 heteroatoms. The zero-order valence-corrected chi connectivity index (χ0v) is 15.1. The third-order valence-corrected chi connectivity index (χ3v) is 3.48. The Morgan fingerprint density at radius 2 is 1.70 bits per heavy atom. The van der Waals surface area contributed by atoms with Gasteiger partial charge in [-0.2, -0.15) is 0 Å². The lowest BCUT2D eigenvalue weighted by Crippen LogP contribution is -2.40. The van der Waals surface area contributed by atoms with E-state index < -0.39 is 48.4 Å². The number of nitrogens with zero attached hydrogens (tertiary/aromatic N) is 3. The van der Waals surface area contributed by atoms with Crippen LogP contribution in [0, 0.1) is 0 Å². The Morgan fingerprint density at radius 3 is 2.26 bits per heavy atom. The van der Waals surface area contributed by atoms with Gasteiger partial charge in [0.1, 0.15) is 19.0 Å². The van der Waals surface area contributed by atoms with Crippen molar-refractivity contribution < 1.29 is 42.9 Å². The Morgan fingerprint density at radius 1 is 1.07 bits per heavy atom. The highest BCUT2D eigenvalue weighted by molar-refractivity contribution is 5.84. The molecular formula is C15H19N3O9. The number of esters is 4. The number of methoxy groups -OCH3 is 1. The second kappa shape index (κ2) is 8.58. The van der Waals surface area contributed by atoms with E-state index in [2.05, 4.69) is 14.8 Å². The molecule has 1 aromatic heterocycles. The zero-order chi connectivity index (χ0) is 20.1. The van der Waals surface area contributed by atoms with Crippen molar-refractivity contribution in [2.45, 2.75) is 45.3 Å². The molecule has 1 aliphatic rings. The second-order valence-corrected chi connectivity index (χ2v) is 5.56. The highest BCUT2D eigenvalue weighted by Crippen LogP contribution is 2.34. The van der Waals surface area contributed by atoms with Crippen LogP contribution in [0.1, 0.15) is 37.6 Å². The average Bonchev–Trinajstić information content (AvgIpc) is 3.18. The predicted octanol–water partition coefficient (Wildman–Crippen LogP) is -0.611. The number of rotatable bonds is 6. The molecule has 1 aromatic rings. The molecule has 0 aliphatic carbocycles. The smallest absolute Gasteiger partial charge is 0.377 e. The predicted molar refractivity (Wildman–Crippen MR) is 83.0 cm³/mol. The van der Waals surface area contributed by atoms with Crippen molar-refractivity contribution in [3.05, 3.63) is 12.2 Å². The monoisotopic (exact) mass is 385 g/mol. The van der Waals surface area contributed by atoms with Gasteiger partial charge in [-0.05, 0) is 0 Å². The first-order chi connectivity index (χ1) is 12.7. The summed E-state index contributed by atoms with van der Waals surface area (Å²) >= 11 is 0. The fourth-order valence-electron chi connectivity index (χ4n) is 2.49. The molecule has 27 heavy (non-hydrogen) atoms. The average molecular weight is 385 g/mol. The van der Waals surface area contributed by atoms with E-state index in [0.29, 0.717) is 0 Å². The van der Waals surface area contributed by atoms with Crippen LogP contribution in [0.25, 0.3) is 0 Å². The highest BCUT2D eigenvalue weighted by Gasteiger charge is 2.51. The normalized spacial score (nSPS) is 24.1. The van der Waals surface area contributed by atoms with Crippen molar-refractivity contribution >= 4 is 23.9 Å². The van der Waals surface area contributed by atoms with Gasteiger partial charge in [0.05, 0.1) is 7.11 Å². The number of hydrogen-bond donors (Lipinski definition) is 0. The third kappa shape index (κ3) is 5.00. The second-order valence-electron chi connectivity index (χ2n) is 5.56. The van der Waals surface area contributed by atoms with Gasteiger partial charge in [0.2, 0.25) is 0 Å². The lowest BCUT2D eigenvalue weighted by molar-refractivity contribution is -0.166. The summed E-state index contributed by atoms with van der Waals surface area (Å²) in [5.41, 5.74) is 0. The molecule has 1 saturated heterocycles. The van der Waals surface area contributed by atoms with Gasteiger partial charge in [-0.15, -0.1) is 5.10 Å².